The number of methoxy groups -OCH3 is 1. The van der Waals surface area contributed by atoms with Crippen molar-refractivity contribution >= 4 is 11.0 Å². The van der Waals surface area contributed by atoms with Crippen LogP contribution in [-0.2, 0) is 6.42 Å². The molecule has 3 rings (SSSR count). The second-order valence-electron chi connectivity index (χ2n) is 5.39. The zero-order valence-electron chi connectivity index (χ0n) is 11.8. The number of ether oxygens (including phenoxy) is 2. The van der Waals surface area contributed by atoms with Crippen LogP contribution in [0.3, 0.4) is 0 Å². The molecule has 0 spiro atoms. The van der Waals surface area contributed by atoms with Gasteiger partial charge in [0.1, 0.15) is 17.3 Å². The van der Waals surface area contributed by atoms with E-state index < -0.39 is 23.9 Å². The van der Waals surface area contributed by atoms with Gasteiger partial charge in [0.05, 0.1) is 13.7 Å². The summed E-state index contributed by atoms with van der Waals surface area (Å²) in [4.78, 5) is 11.4. The van der Waals surface area contributed by atoms with E-state index in [2.05, 4.69) is 0 Å². The molecule has 112 valence electrons. The van der Waals surface area contributed by atoms with E-state index >= 15 is 0 Å². The molecule has 1 aromatic carbocycles. The molecule has 1 aromatic heterocycles. The predicted molar refractivity (Wildman–Crippen MR) is 74.9 cm³/mol. The summed E-state index contributed by atoms with van der Waals surface area (Å²) < 4.78 is 16.3. The first-order valence-corrected chi connectivity index (χ1v) is 6.60. The summed E-state index contributed by atoms with van der Waals surface area (Å²) in [5.41, 5.74) is -0.756. The average molecular weight is 292 g/mol. The van der Waals surface area contributed by atoms with Gasteiger partial charge in [0, 0.05) is 23.4 Å². The number of hydrogen-bond donors (Lipinski definition) is 2. The highest BCUT2D eigenvalue weighted by molar-refractivity contribution is 5.85. The summed E-state index contributed by atoms with van der Waals surface area (Å²) in [5, 5.41) is 20.2. The predicted octanol–water partition coefficient (Wildman–Crippen LogP) is 0.848. The fourth-order valence-corrected chi connectivity index (χ4v) is 2.52. The van der Waals surface area contributed by atoms with Gasteiger partial charge in [-0.15, -0.1) is 0 Å². The number of aliphatic hydroxyl groups is 2. The molecule has 21 heavy (non-hydrogen) atoms. The quantitative estimate of drug-likeness (QED) is 0.815. The molecular formula is C15H16O6. The van der Waals surface area contributed by atoms with Crippen LogP contribution in [0.5, 0.6) is 11.5 Å². The van der Waals surface area contributed by atoms with Crippen molar-refractivity contribution in [2.45, 2.75) is 25.0 Å². The van der Waals surface area contributed by atoms with Crippen LogP contribution in [-0.4, -0.2) is 35.6 Å². The minimum absolute atomic E-state index is 0.323. The Balaban J connectivity index is 2.19. The van der Waals surface area contributed by atoms with Gasteiger partial charge in [-0.3, -0.25) is 0 Å². The molecule has 6 heteroatoms. The SMILES string of the molecule is COc1cc2ccc(=O)oc2c2c1O[C@@H]([C@@](C)(O)CO)C2. The molecular weight excluding hydrogens is 276 g/mol. The van der Waals surface area contributed by atoms with Crippen molar-refractivity contribution in [1.82, 2.24) is 0 Å². The van der Waals surface area contributed by atoms with E-state index in [1.54, 1.807) is 12.1 Å². The fourth-order valence-electron chi connectivity index (χ4n) is 2.52. The fraction of sp³-hybridized carbons (Fsp3) is 0.400. The first kappa shape index (κ1) is 13.9. The highest BCUT2D eigenvalue weighted by Gasteiger charge is 2.40. The van der Waals surface area contributed by atoms with Crippen molar-refractivity contribution in [3.05, 3.63) is 34.2 Å². The monoisotopic (exact) mass is 292 g/mol. The Bertz CT molecular complexity index is 746. The summed E-state index contributed by atoms with van der Waals surface area (Å²) in [5.74, 6) is 0.945. The van der Waals surface area contributed by atoms with E-state index in [0.717, 1.165) is 5.39 Å². The molecule has 1 aliphatic heterocycles. The third-order valence-electron chi connectivity index (χ3n) is 3.81. The van der Waals surface area contributed by atoms with Gasteiger partial charge in [0.2, 0.25) is 0 Å². The standard InChI is InChI=1S/C15H16O6/c1-15(18,7-16)11-6-9-13-8(3-4-12(17)21-13)5-10(19-2)14(9)20-11/h3-5,11,16,18H,6-7H2,1-2H3/t11-,15+/m1/s1. The lowest BCUT2D eigenvalue weighted by Gasteiger charge is -2.27. The maximum Gasteiger partial charge on any atom is 0.336 e. The third-order valence-corrected chi connectivity index (χ3v) is 3.81. The molecule has 6 nitrogen and oxygen atoms in total. The maximum atomic E-state index is 11.4. The smallest absolute Gasteiger partial charge is 0.336 e. The van der Waals surface area contributed by atoms with Gasteiger partial charge in [-0.25, -0.2) is 4.79 Å². The molecule has 0 unspecified atom stereocenters. The van der Waals surface area contributed by atoms with E-state index in [0.29, 0.717) is 29.1 Å². The molecule has 0 aliphatic carbocycles. The number of hydrogen-bond acceptors (Lipinski definition) is 6. The largest absolute Gasteiger partial charge is 0.493 e. The Morgan fingerprint density at radius 1 is 1.48 bits per heavy atom. The van der Waals surface area contributed by atoms with Crippen molar-refractivity contribution in [3.8, 4) is 11.5 Å². The summed E-state index contributed by atoms with van der Waals surface area (Å²) in [6, 6.07) is 4.71. The van der Waals surface area contributed by atoms with Crippen molar-refractivity contribution in [2.75, 3.05) is 13.7 Å². The average Bonchev–Trinajstić information content (AvgIpc) is 2.93. The summed E-state index contributed by atoms with van der Waals surface area (Å²) in [6.07, 6.45) is -0.314. The van der Waals surface area contributed by atoms with Gasteiger partial charge in [0.15, 0.2) is 11.5 Å². The number of benzene rings is 1. The van der Waals surface area contributed by atoms with Gasteiger partial charge < -0.3 is 24.1 Å². The molecule has 1 aliphatic rings. The molecule has 0 saturated carbocycles. The first-order valence-electron chi connectivity index (χ1n) is 6.60. The third kappa shape index (κ3) is 2.16. The maximum absolute atomic E-state index is 11.4. The first-order chi connectivity index (χ1) is 9.96. The van der Waals surface area contributed by atoms with E-state index in [4.69, 9.17) is 13.9 Å². The lowest BCUT2D eigenvalue weighted by atomic mass is 9.95. The lowest BCUT2D eigenvalue weighted by molar-refractivity contribution is -0.0733. The normalized spacial score (nSPS) is 19.9. The van der Waals surface area contributed by atoms with Crippen LogP contribution < -0.4 is 15.1 Å². The molecule has 2 aromatic rings. The highest BCUT2D eigenvalue weighted by Crippen LogP contribution is 2.44. The van der Waals surface area contributed by atoms with E-state index in [1.165, 1.54) is 20.1 Å². The summed E-state index contributed by atoms with van der Waals surface area (Å²) >= 11 is 0. The van der Waals surface area contributed by atoms with Crippen LogP contribution in [0.1, 0.15) is 12.5 Å². The summed E-state index contributed by atoms with van der Waals surface area (Å²) in [6.45, 7) is 1.06. The Morgan fingerprint density at radius 3 is 2.90 bits per heavy atom. The Labute approximate surface area is 120 Å². The molecule has 0 amide bonds. The van der Waals surface area contributed by atoms with E-state index in [1.807, 2.05) is 0 Å². The summed E-state index contributed by atoms with van der Waals surface area (Å²) in [7, 11) is 1.52. The Morgan fingerprint density at radius 2 is 2.24 bits per heavy atom. The topological polar surface area (TPSA) is 89.1 Å². The number of aliphatic hydroxyl groups excluding tert-OH is 1. The zero-order valence-corrected chi connectivity index (χ0v) is 11.8. The van der Waals surface area contributed by atoms with Crippen LogP contribution in [0.2, 0.25) is 0 Å². The molecule has 0 fully saturated rings. The van der Waals surface area contributed by atoms with E-state index in [-0.39, 0.29) is 0 Å². The van der Waals surface area contributed by atoms with Crippen LogP contribution in [0.15, 0.2) is 27.4 Å². The second kappa shape index (κ2) is 4.75. The van der Waals surface area contributed by atoms with Crippen LogP contribution in [0, 0.1) is 0 Å². The molecule has 0 bridgehead atoms. The van der Waals surface area contributed by atoms with Crippen molar-refractivity contribution in [3.63, 3.8) is 0 Å². The van der Waals surface area contributed by atoms with Crippen LogP contribution in [0.4, 0.5) is 0 Å². The molecule has 2 N–H and O–H groups in total. The zero-order chi connectivity index (χ0) is 15.2. The Hall–Kier alpha value is -2.05. The molecule has 0 saturated heterocycles. The van der Waals surface area contributed by atoms with Gasteiger partial charge in [-0.05, 0) is 19.1 Å². The van der Waals surface area contributed by atoms with Gasteiger partial charge in [0.25, 0.3) is 0 Å². The molecule has 2 atom stereocenters. The lowest BCUT2D eigenvalue weighted by Crippen LogP contribution is -2.45. The highest BCUT2D eigenvalue weighted by atomic mass is 16.5. The van der Waals surface area contributed by atoms with E-state index in [9.17, 15) is 15.0 Å². The van der Waals surface area contributed by atoms with Gasteiger partial charge >= 0.3 is 5.63 Å². The van der Waals surface area contributed by atoms with Crippen molar-refractivity contribution in [1.29, 1.82) is 0 Å². The second-order valence-corrected chi connectivity index (χ2v) is 5.39. The van der Waals surface area contributed by atoms with Crippen LogP contribution >= 0.6 is 0 Å². The van der Waals surface area contributed by atoms with Crippen molar-refractivity contribution < 1.29 is 24.1 Å². The van der Waals surface area contributed by atoms with Gasteiger partial charge in [-0.2, -0.15) is 0 Å². The van der Waals surface area contributed by atoms with Crippen LogP contribution in [0.25, 0.3) is 11.0 Å². The number of rotatable bonds is 3. The Kier molecular flexibility index (Phi) is 3.15. The number of fused-ring (bicyclic) bond motifs is 3. The molecule has 2 heterocycles. The van der Waals surface area contributed by atoms with Crippen molar-refractivity contribution in [2.24, 2.45) is 0 Å². The molecule has 0 radical (unpaired) electrons. The minimum atomic E-state index is -1.40. The van der Waals surface area contributed by atoms with Gasteiger partial charge in [-0.1, -0.05) is 0 Å². The minimum Gasteiger partial charge on any atom is -0.493 e.